The van der Waals surface area contributed by atoms with Crippen molar-refractivity contribution >= 4 is 5.82 Å². The summed E-state index contributed by atoms with van der Waals surface area (Å²) in [7, 11) is 0. The van der Waals surface area contributed by atoms with E-state index in [2.05, 4.69) is 33.1 Å². The van der Waals surface area contributed by atoms with Crippen LogP contribution >= 0.6 is 0 Å². The minimum absolute atomic E-state index is 0.257. The molecular formula is C19H32N4O. The van der Waals surface area contributed by atoms with E-state index in [9.17, 15) is 5.11 Å². The zero-order valence-electron chi connectivity index (χ0n) is 14.9. The van der Waals surface area contributed by atoms with Crippen LogP contribution in [0.15, 0.2) is 24.4 Å². The van der Waals surface area contributed by atoms with Gasteiger partial charge in [0.15, 0.2) is 0 Å². The summed E-state index contributed by atoms with van der Waals surface area (Å²) < 4.78 is 0. The van der Waals surface area contributed by atoms with Gasteiger partial charge in [0, 0.05) is 38.4 Å². The van der Waals surface area contributed by atoms with Crippen LogP contribution < -0.4 is 10.2 Å². The molecule has 2 saturated heterocycles. The number of aliphatic hydroxyl groups is 1. The summed E-state index contributed by atoms with van der Waals surface area (Å²) in [5.74, 6) is 1.93. The van der Waals surface area contributed by atoms with E-state index in [1.807, 2.05) is 18.3 Å². The second-order valence-corrected chi connectivity index (χ2v) is 7.49. The molecule has 0 saturated carbocycles. The van der Waals surface area contributed by atoms with Crippen LogP contribution in [0.25, 0.3) is 0 Å². The minimum atomic E-state index is -0.257. The highest BCUT2D eigenvalue weighted by atomic mass is 16.3. The van der Waals surface area contributed by atoms with E-state index in [1.165, 1.54) is 12.8 Å². The van der Waals surface area contributed by atoms with Crippen molar-refractivity contribution in [2.24, 2.45) is 5.92 Å². The number of hydrogen-bond donors (Lipinski definition) is 2. The standard InChI is InChI=1S/C19H32N4O/c1-16-5-10-22(11-6-16)15-18(24)14-21-17-7-12-23(13-8-17)19-4-2-3-9-20-19/h2-4,9,16-18,21,24H,5-8,10-15H2,1H3. The van der Waals surface area contributed by atoms with Crippen molar-refractivity contribution in [2.75, 3.05) is 44.2 Å². The number of nitrogens with zero attached hydrogens (tertiary/aromatic N) is 3. The Morgan fingerprint density at radius 1 is 1.17 bits per heavy atom. The Kier molecular flexibility index (Phi) is 6.46. The van der Waals surface area contributed by atoms with Crippen LogP contribution in [0.3, 0.4) is 0 Å². The third kappa shape index (κ3) is 5.16. The minimum Gasteiger partial charge on any atom is -0.390 e. The van der Waals surface area contributed by atoms with E-state index in [1.54, 1.807) is 0 Å². The molecule has 0 aliphatic carbocycles. The Hall–Kier alpha value is -1.17. The molecule has 1 aromatic heterocycles. The first-order valence-corrected chi connectivity index (χ1v) is 9.50. The first-order chi connectivity index (χ1) is 11.7. The quantitative estimate of drug-likeness (QED) is 0.831. The van der Waals surface area contributed by atoms with Gasteiger partial charge in [-0.25, -0.2) is 4.98 Å². The maximum atomic E-state index is 10.3. The summed E-state index contributed by atoms with van der Waals surface area (Å²) in [5, 5.41) is 13.9. The fourth-order valence-electron chi connectivity index (χ4n) is 3.76. The largest absolute Gasteiger partial charge is 0.390 e. The van der Waals surface area contributed by atoms with Gasteiger partial charge in [-0.1, -0.05) is 13.0 Å². The first kappa shape index (κ1) is 17.6. The maximum Gasteiger partial charge on any atom is 0.128 e. The van der Waals surface area contributed by atoms with Crippen molar-refractivity contribution in [3.63, 3.8) is 0 Å². The van der Waals surface area contributed by atoms with Crippen LogP contribution in [0.1, 0.15) is 32.6 Å². The molecule has 1 atom stereocenters. The topological polar surface area (TPSA) is 51.6 Å². The molecular weight excluding hydrogens is 300 g/mol. The molecule has 2 aliphatic rings. The predicted octanol–water partition coefficient (Wildman–Crippen LogP) is 1.73. The van der Waals surface area contributed by atoms with Gasteiger partial charge in [-0.3, -0.25) is 0 Å². The van der Waals surface area contributed by atoms with Crippen LogP contribution in [-0.4, -0.2) is 66.4 Å². The fraction of sp³-hybridized carbons (Fsp3) is 0.737. The molecule has 0 aromatic carbocycles. The molecule has 5 heteroatoms. The van der Waals surface area contributed by atoms with E-state index in [0.717, 1.165) is 57.3 Å². The van der Waals surface area contributed by atoms with Crippen LogP contribution in [0.5, 0.6) is 0 Å². The average Bonchev–Trinajstić information content (AvgIpc) is 2.63. The second kappa shape index (κ2) is 8.79. The monoisotopic (exact) mass is 332 g/mol. The summed E-state index contributed by atoms with van der Waals surface area (Å²) in [5.41, 5.74) is 0. The van der Waals surface area contributed by atoms with Crippen molar-refractivity contribution < 1.29 is 5.11 Å². The van der Waals surface area contributed by atoms with Crippen molar-refractivity contribution in [3.8, 4) is 0 Å². The number of nitrogens with one attached hydrogen (secondary N) is 1. The lowest BCUT2D eigenvalue weighted by Crippen LogP contribution is -2.47. The summed E-state index contributed by atoms with van der Waals surface area (Å²) in [6, 6.07) is 6.60. The van der Waals surface area contributed by atoms with Crippen LogP contribution in [-0.2, 0) is 0 Å². The molecule has 24 heavy (non-hydrogen) atoms. The number of likely N-dealkylation sites (tertiary alicyclic amines) is 1. The molecule has 3 heterocycles. The first-order valence-electron chi connectivity index (χ1n) is 9.50. The number of aromatic nitrogens is 1. The van der Waals surface area contributed by atoms with Gasteiger partial charge in [-0.2, -0.15) is 0 Å². The fourth-order valence-corrected chi connectivity index (χ4v) is 3.76. The lowest BCUT2D eigenvalue weighted by Gasteiger charge is -2.34. The van der Waals surface area contributed by atoms with Crippen LogP contribution in [0, 0.1) is 5.92 Å². The zero-order chi connectivity index (χ0) is 16.8. The summed E-state index contributed by atoms with van der Waals surface area (Å²) in [4.78, 5) is 9.20. The van der Waals surface area contributed by atoms with Gasteiger partial charge in [-0.05, 0) is 56.8 Å². The number of hydrogen-bond acceptors (Lipinski definition) is 5. The molecule has 0 radical (unpaired) electrons. The molecule has 2 fully saturated rings. The molecule has 0 spiro atoms. The third-order valence-corrected chi connectivity index (χ3v) is 5.46. The molecule has 134 valence electrons. The van der Waals surface area contributed by atoms with Gasteiger partial charge in [-0.15, -0.1) is 0 Å². The average molecular weight is 332 g/mol. The van der Waals surface area contributed by atoms with Crippen LogP contribution in [0.4, 0.5) is 5.82 Å². The van der Waals surface area contributed by atoms with E-state index in [4.69, 9.17) is 0 Å². The predicted molar refractivity (Wildman–Crippen MR) is 98.3 cm³/mol. The Labute approximate surface area is 146 Å². The molecule has 1 unspecified atom stereocenters. The van der Waals surface area contributed by atoms with E-state index < -0.39 is 0 Å². The van der Waals surface area contributed by atoms with Gasteiger partial charge in [0.1, 0.15) is 5.82 Å². The maximum absolute atomic E-state index is 10.3. The highest BCUT2D eigenvalue weighted by molar-refractivity contribution is 5.38. The summed E-state index contributed by atoms with van der Waals surface area (Å²) in [6.45, 7) is 8.20. The van der Waals surface area contributed by atoms with E-state index in [0.29, 0.717) is 12.6 Å². The lowest BCUT2D eigenvalue weighted by molar-refractivity contribution is 0.0881. The molecule has 1 aromatic rings. The third-order valence-electron chi connectivity index (χ3n) is 5.46. The van der Waals surface area contributed by atoms with Crippen LogP contribution in [0.2, 0.25) is 0 Å². The number of rotatable bonds is 6. The van der Waals surface area contributed by atoms with Gasteiger partial charge in [0.2, 0.25) is 0 Å². The number of anilines is 1. The van der Waals surface area contributed by atoms with Gasteiger partial charge < -0.3 is 20.2 Å². The van der Waals surface area contributed by atoms with Crippen molar-refractivity contribution in [2.45, 2.75) is 44.8 Å². The Morgan fingerprint density at radius 2 is 1.92 bits per heavy atom. The van der Waals surface area contributed by atoms with Gasteiger partial charge in [0.25, 0.3) is 0 Å². The lowest BCUT2D eigenvalue weighted by atomic mass is 9.99. The summed E-state index contributed by atoms with van der Waals surface area (Å²) in [6.07, 6.45) is 6.37. The number of aliphatic hydroxyl groups excluding tert-OH is 1. The molecule has 2 aliphatic heterocycles. The van der Waals surface area contributed by atoms with Crippen molar-refractivity contribution in [3.05, 3.63) is 24.4 Å². The highest BCUT2D eigenvalue weighted by Crippen LogP contribution is 2.18. The number of piperidine rings is 2. The van der Waals surface area contributed by atoms with Gasteiger partial charge in [0.05, 0.1) is 6.10 Å². The molecule has 2 N–H and O–H groups in total. The van der Waals surface area contributed by atoms with E-state index >= 15 is 0 Å². The molecule has 3 rings (SSSR count). The molecule has 0 amide bonds. The smallest absolute Gasteiger partial charge is 0.128 e. The Morgan fingerprint density at radius 3 is 2.58 bits per heavy atom. The highest BCUT2D eigenvalue weighted by Gasteiger charge is 2.22. The van der Waals surface area contributed by atoms with Gasteiger partial charge >= 0.3 is 0 Å². The zero-order valence-corrected chi connectivity index (χ0v) is 14.9. The van der Waals surface area contributed by atoms with E-state index in [-0.39, 0.29) is 6.10 Å². The molecule has 5 nitrogen and oxygen atoms in total. The second-order valence-electron chi connectivity index (χ2n) is 7.49. The SMILES string of the molecule is CC1CCN(CC(O)CNC2CCN(c3ccccn3)CC2)CC1. The Bertz CT molecular complexity index is 468. The summed E-state index contributed by atoms with van der Waals surface area (Å²) >= 11 is 0. The van der Waals surface area contributed by atoms with Crippen molar-refractivity contribution in [1.29, 1.82) is 0 Å². The Balaban J connectivity index is 1.33. The number of pyridine rings is 1. The molecule has 0 bridgehead atoms. The van der Waals surface area contributed by atoms with Crippen molar-refractivity contribution in [1.82, 2.24) is 15.2 Å². The number of β-amino-alcohol motifs (C(OH)–C–C–N with tert-alkyl or cyclic N) is 1. The normalized spacial score (nSPS) is 22.7.